The summed E-state index contributed by atoms with van der Waals surface area (Å²) in [5.41, 5.74) is 3.33. The van der Waals surface area contributed by atoms with E-state index in [9.17, 15) is 4.79 Å². The van der Waals surface area contributed by atoms with Crippen molar-refractivity contribution in [1.82, 2.24) is 0 Å². The van der Waals surface area contributed by atoms with Gasteiger partial charge in [0.25, 0.3) is 5.91 Å². The van der Waals surface area contributed by atoms with Crippen molar-refractivity contribution in [3.63, 3.8) is 0 Å². The molecule has 4 nitrogen and oxygen atoms in total. The van der Waals surface area contributed by atoms with Crippen LogP contribution in [0.1, 0.15) is 21.7 Å². The lowest BCUT2D eigenvalue weighted by atomic mass is 10.1. The van der Waals surface area contributed by atoms with Crippen LogP contribution in [0.25, 0.3) is 11.0 Å². The SMILES string of the molecule is COc1ccc(NC(=O)c2oc3c(C)cccc3c2C)cc1. The van der Waals surface area contributed by atoms with Gasteiger partial charge in [-0.05, 0) is 43.7 Å². The van der Waals surface area contributed by atoms with Crippen LogP contribution < -0.4 is 10.1 Å². The van der Waals surface area contributed by atoms with E-state index in [4.69, 9.17) is 9.15 Å². The van der Waals surface area contributed by atoms with E-state index in [0.717, 1.165) is 27.8 Å². The molecule has 0 saturated heterocycles. The Morgan fingerprint density at radius 1 is 1.09 bits per heavy atom. The van der Waals surface area contributed by atoms with Crippen LogP contribution in [0.5, 0.6) is 5.75 Å². The molecule has 1 N–H and O–H groups in total. The predicted octanol–water partition coefficient (Wildman–Crippen LogP) is 4.31. The van der Waals surface area contributed by atoms with Crippen molar-refractivity contribution >= 4 is 22.6 Å². The number of methoxy groups -OCH3 is 1. The van der Waals surface area contributed by atoms with Crippen molar-refractivity contribution in [2.24, 2.45) is 0 Å². The fourth-order valence-electron chi connectivity index (χ4n) is 2.46. The lowest BCUT2D eigenvalue weighted by Gasteiger charge is -2.05. The molecule has 0 saturated carbocycles. The lowest BCUT2D eigenvalue weighted by molar-refractivity contribution is 0.0998. The Morgan fingerprint density at radius 3 is 2.45 bits per heavy atom. The van der Waals surface area contributed by atoms with Crippen LogP contribution in [0, 0.1) is 13.8 Å². The minimum atomic E-state index is -0.252. The zero-order valence-corrected chi connectivity index (χ0v) is 12.8. The van der Waals surface area contributed by atoms with E-state index in [1.54, 1.807) is 31.4 Å². The number of ether oxygens (including phenoxy) is 1. The molecule has 0 bridgehead atoms. The molecule has 1 heterocycles. The average molecular weight is 295 g/mol. The van der Waals surface area contributed by atoms with E-state index >= 15 is 0 Å². The van der Waals surface area contributed by atoms with Crippen molar-refractivity contribution in [2.75, 3.05) is 12.4 Å². The average Bonchev–Trinajstić information content (AvgIpc) is 2.87. The van der Waals surface area contributed by atoms with E-state index in [0.29, 0.717) is 11.4 Å². The molecule has 4 heteroatoms. The zero-order chi connectivity index (χ0) is 15.7. The first kappa shape index (κ1) is 14.2. The number of para-hydroxylation sites is 1. The van der Waals surface area contributed by atoms with Gasteiger partial charge in [0.2, 0.25) is 0 Å². The number of carbonyl (C=O) groups excluding carboxylic acids is 1. The van der Waals surface area contributed by atoms with Gasteiger partial charge in [-0.1, -0.05) is 18.2 Å². The largest absolute Gasteiger partial charge is 0.497 e. The first-order valence-electron chi connectivity index (χ1n) is 7.04. The summed E-state index contributed by atoms with van der Waals surface area (Å²) in [6, 6.07) is 13.1. The maximum absolute atomic E-state index is 12.4. The normalized spacial score (nSPS) is 10.7. The van der Waals surface area contributed by atoms with Gasteiger partial charge in [-0.25, -0.2) is 0 Å². The molecule has 112 valence electrons. The second-order valence-electron chi connectivity index (χ2n) is 5.19. The third kappa shape index (κ3) is 2.44. The minimum Gasteiger partial charge on any atom is -0.497 e. The van der Waals surface area contributed by atoms with Gasteiger partial charge in [-0.3, -0.25) is 4.79 Å². The van der Waals surface area contributed by atoms with Crippen molar-refractivity contribution in [3.05, 3.63) is 59.4 Å². The Hall–Kier alpha value is -2.75. The molecule has 22 heavy (non-hydrogen) atoms. The molecule has 0 atom stereocenters. The van der Waals surface area contributed by atoms with Crippen LogP contribution in [0.4, 0.5) is 5.69 Å². The van der Waals surface area contributed by atoms with Crippen molar-refractivity contribution in [1.29, 1.82) is 0 Å². The maximum atomic E-state index is 12.4. The van der Waals surface area contributed by atoms with Crippen LogP contribution >= 0.6 is 0 Å². The number of benzene rings is 2. The quantitative estimate of drug-likeness (QED) is 0.783. The number of amides is 1. The molecule has 0 aliphatic rings. The van der Waals surface area contributed by atoms with Crippen molar-refractivity contribution in [3.8, 4) is 5.75 Å². The molecule has 0 fully saturated rings. The lowest BCUT2D eigenvalue weighted by Crippen LogP contribution is -2.11. The maximum Gasteiger partial charge on any atom is 0.291 e. The fourth-order valence-corrected chi connectivity index (χ4v) is 2.46. The number of hydrogen-bond donors (Lipinski definition) is 1. The molecule has 1 amide bonds. The topological polar surface area (TPSA) is 51.5 Å². The highest BCUT2D eigenvalue weighted by Gasteiger charge is 2.18. The molecular formula is C18H17NO3. The van der Waals surface area contributed by atoms with Gasteiger partial charge in [-0.2, -0.15) is 0 Å². The minimum absolute atomic E-state index is 0.252. The number of anilines is 1. The highest BCUT2D eigenvalue weighted by Crippen LogP contribution is 2.28. The summed E-state index contributed by atoms with van der Waals surface area (Å²) >= 11 is 0. The Balaban J connectivity index is 1.91. The Morgan fingerprint density at radius 2 is 1.82 bits per heavy atom. The molecule has 3 rings (SSSR count). The third-order valence-corrected chi connectivity index (χ3v) is 3.71. The third-order valence-electron chi connectivity index (χ3n) is 3.71. The standard InChI is InChI=1S/C18H17NO3/c1-11-5-4-6-15-12(2)17(22-16(11)15)18(20)19-13-7-9-14(21-3)10-8-13/h4-10H,1-3H3,(H,19,20). The van der Waals surface area contributed by atoms with Gasteiger partial charge < -0.3 is 14.5 Å². The summed E-state index contributed by atoms with van der Waals surface area (Å²) in [5, 5.41) is 3.81. The number of carbonyl (C=O) groups is 1. The van der Waals surface area contributed by atoms with Gasteiger partial charge in [0.15, 0.2) is 5.76 Å². The number of fused-ring (bicyclic) bond motifs is 1. The van der Waals surface area contributed by atoms with Crippen LogP contribution in [0.15, 0.2) is 46.9 Å². The van der Waals surface area contributed by atoms with Crippen LogP contribution in [0.2, 0.25) is 0 Å². The van der Waals surface area contributed by atoms with Gasteiger partial charge >= 0.3 is 0 Å². The molecule has 0 spiro atoms. The van der Waals surface area contributed by atoms with E-state index in [1.807, 2.05) is 32.0 Å². The predicted molar refractivity (Wildman–Crippen MR) is 86.6 cm³/mol. The number of rotatable bonds is 3. The Kier molecular flexibility index (Phi) is 3.59. The zero-order valence-electron chi connectivity index (χ0n) is 12.8. The summed E-state index contributed by atoms with van der Waals surface area (Å²) < 4.78 is 10.9. The molecule has 0 radical (unpaired) electrons. The number of hydrogen-bond acceptors (Lipinski definition) is 3. The molecule has 3 aromatic rings. The van der Waals surface area contributed by atoms with E-state index < -0.39 is 0 Å². The second-order valence-corrected chi connectivity index (χ2v) is 5.19. The summed E-state index contributed by atoms with van der Waals surface area (Å²) in [7, 11) is 1.60. The number of furan rings is 1. The van der Waals surface area contributed by atoms with Crippen LogP contribution in [-0.2, 0) is 0 Å². The highest BCUT2D eigenvalue weighted by molar-refractivity contribution is 6.06. The summed E-state index contributed by atoms with van der Waals surface area (Å²) in [4.78, 5) is 12.4. The van der Waals surface area contributed by atoms with Crippen molar-refractivity contribution < 1.29 is 13.9 Å². The number of aryl methyl sites for hydroxylation is 2. The highest BCUT2D eigenvalue weighted by atomic mass is 16.5. The smallest absolute Gasteiger partial charge is 0.291 e. The van der Waals surface area contributed by atoms with Gasteiger partial charge in [-0.15, -0.1) is 0 Å². The first-order valence-corrected chi connectivity index (χ1v) is 7.04. The Labute approximate surface area is 128 Å². The Bertz CT molecular complexity index is 831. The van der Waals surface area contributed by atoms with E-state index in [-0.39, 0.29) is 5.91 Å². The fraction of sp³-hybridized carbons (Fsp3) is 0.167. The van der Waals surface area contributed by atoms with Crippen LogP contribution in [0.3, 0.4) is 0 Å². The number of nitrogens with one attached hydrogen (secondary N) is 1. The molecule has 0 aliphatic heterocycles. The molecular weight excluding hydrogens is 278 g/mol. The van der Waals surface area contributed by atoms with Gasteiger partial charge in [0.05, 0.1) is 7.11 Å². The summed E-state index contributed by atoms with van der Waals surface area (Å²) in [6.45, 7) is 3.87. The van der Waals surface area contributed by atoms with E-state index in [2.05, 4.69) is 5.32 Å². The molecule has 0 unspecified atom stereocenters. The second kappa shape index (κ2) is 5.56. The monoisotopic (exact) mass is 295 g/mol. The van der Waals surface area contributed by atoms with E-state index in [1.165, 1.54) is 0 Å². The van der Waals surface area contributed by atoms with Crippen LogP contribution in [-0.4, -0.2) is 13.0 Å². The molecule has 2 aromatic carbocycles. The van der Waals surface area contributed by atoms with Gasteiger partial charge in [0.1, 0.15) is 11.3 Å². The first-order chi connectivity index (χ1) is 10.6. The molecule has 1 aromatic heterocycles. The molecule has 0 aliphatic carbocycles. The summed E-state index contributed by atoms with van der Waals surface area (Å²) in [5.74, 6) is 0.840. The summed E-state index contributed by atoms with van der Waals surface area (Å²) in [6.07, 6.45) is 0. The van der Waals surface area contributed by atoms with Crippen molar-refractivity contribution in [2.45, 2.75) is 13.8 Å². The van der Waals surface area contributed by atoms with Gasteiger partial charge in [0, 0.05) is 16.6 Å².